The maximum Gasteiger partial charge on any atom is 0.276 e. The van der Waals surface area contributed by atoms with Crippen LogP contribution < -0.4 is 14.8 Å². The average molecular weight is 328 g/mol. The van der Waals surface area contributed by atoms with Gasteiger partial charge in [0, 0.05) is 12.1 Å². The van der Waals surface area contributed by atoms with Gasteiger partial charge in [0.2, 0.25) is 5.91 Å². The van der Waals surface area contributed by atoms with Crippen molar-refractivity contribution in [3.63, 3.8) is 0 Å². The van der Waals surface area contributed by atoms with E-state index in [1.54, 1.807) is 13.0 Å². The predicted octanol–water partition coefficient (Wildman–Crippen LogP) is 2.02. The summed E-state index contributed by atoms with van der Waals surface area (Å²) in [4.78, 5) is 22.4. The van der Waals surface area contributed by atoms with E-state index in [0.717, 1.165) is 0 Å². The van der Waals surface area contributed by atoms with Crippen molar-refractivity contribution in [1.82, 2.24) is 5.32 Å². The maximum atomic E-state index is 11.7. The van der Waals surface area contributed by atoms with Crippen molar-refractivity contribution in [3.05, 3.63) is 27.8 Å². The molecule has 0 saturated carbocycles. The number of rotatable bonds is 8. The summed E-state index contributed by atoms with van der Waals surface area (Å²) in [5, 5.41) is 13.8. The van der Waals surface area contributed by atoms with Gasteiger partial charge in [-0.25, -0.2) is 0 Å². The summed E-state index contributed by atoms with van der Waals surface area (Å²) < 4.78 is 10.2. The largest absolute Gasteiger partial charge is 0.493 e. The number of nitrogens with one attached hydrogen (secondary N) is 1. The van der Waals surface area contributed by atoms with E-state index in [-0.39, 0.29) is 16.8 Å². The second-order valence-corrected chi connectivity index (χ2v) is 5.69. The van der Waals surface area contributed by atoms with E-state index >= 15 is 0 Å². The van der Waals surface area contributed by atoms with E-state index in [4.69, 9.17) is 9.47 Å². The van der Waals surface area contributed by atoms with Gasteiger partial charge >= 0.3 is 0 Å². The third-order valence-corrected chi connectivity index (χ3v) is 4.12. The van der Waals surface area contributed by atoms with Crippen molar-refractivity contribution in [1.29, 1.82) is 0 Å². The number of nitro groups is 1. The minimum Gasteiger partial charge on any atom is -0.493 e. The molecule has 1 aromatic rings. The Morgan fingerprint density at radius 1 is 1.36 bits per heavy atom. The van der Waals surface area contributed by atoms with Crippen LogP contribution in [0.1, 0.15) is 12.5 Å². The van der Waals surface area contributed by atoms with Crippen molar-refractivity contribution in [2.45, 2.75) is 18.6 Å². The Hall–Kier alpha value is -1.96. The van der Waals surface area contributed by atoms with Crippen molar-refractivity contribution >= 4 is 23.4 Å². The van der Waals surface area contributed by atoms with Gasteiger partial charge in [-0.2, -0.15) is 11.8 Å². The summed E-state index contributed by atoms with van der Waals surface area (Å²) >= 11 is 1.44. The monoisotopic (exact) mass is 328 g/mol. The lowest BCUT2D eigenvalue weighted by molar-refractivity contribution is -0.385. The fourth-order valence-corrected chi connectivity index (χ4v) is 2.15. The molecule has 0 unspecified atom stereocenters. The highest BCUT2D eigenvalue weighted by molar-refractivity contribution is 7.99. The quantitative estimate of drug-likeness (QED) is 0.580. The Labute approximate surface area is 133 Å². The Kier molecular flexibility index (Phi) is 6.97. The van der Waals surface area contributed by atoms with Crippen LogP contribution in [-0.2, 0) is 11.2 Å². The number of nitrogens with zero attached hydrogens (tertiary/aromatic N) is 1. The van der Waals surface area contributed by atoms with Crippen molar-refractivity contribution in [3.8, 4) is 11.5 Å². The van der Waals surface area contributed by atoms with Crippen molar-refractivity contribution < 1.29 is 19.2 Å². The predicted molar refractivity (Wildman–Crippen MR) is 85.9 cm³/mol. The fraction of sp³-hybridized carbons (Fsp3) is 0.500. The third kappa shape index (κ3) is 4.52. The standard InChI is InChI=1S/C14H20N2O5S/c1-9(22-4)14(17)15-6-5-10-7-12(20-2)13(21-3)8-11(10)16(18)19/h7-9H,5-6H2,1-4H3,(H,15,17)/t9-/m0/s1. The molecule has 1 aromatic carbocycles. The molecule has 22 heavy (non-hydrogen) atoms. The Balaban J connectivity index is 2.89. The second-order valence-electron chi connectivity index (χ2n) is 4.51. The van der Waals surface area contributed by atoms with Crippen LogP contribution in [0.15, 0.2) is 12.1 Å². The average Bonchev–Trinajstić information content (AvgIpc) is 2.52. The van der Waals surface area contributed by atoms with Crippen LogP contribution in [0.4, 0.5) is 5.69 Å². The number of nitro benzene ring substituents is 1. The van der Waals surface area contributed by atoms with Gasteiger partial charge in [-0.05, 0) is 25.7 Å². The van der Waals surface area contributed by atoms with E-state index in [2.05, 4.69) is 5.32 Å². The molecule has 1 amide bonds. The minimum atomic E-state index is -0.469. The SMILES string of the molecule is COc1cc(CCNC(=O)[C@H](C)SC)c([N+](=O)[O-])cc1OC. The molecule has 0 aliphatic heterocycles. The zero-order valence-electron chi connectivity index (χ0n) is 13.0. The van der Waals surface area contributed by atoms with Gasteiger partial charge in [0.1, 0.15) is 0 Å². The van der Waals surface area contributed by atoms with Crippen LogP contribution in [-0.4, -0.2) is 43.1 Å². The molecule has 0 bridgehead atoms. The summed E-state index contributed by atoms with van der Waals surface area (Å²) in [6, 6.07) is 2.90. The van der Waals surface area contributed by atoms with Gasteiger partial charge in [0.15, 0.2) is 11.5 Å². The van der Waals surface area contributed by atoms with Crippen LogP contribution in [0, 0.1) is 10.1 Å². The molecule has 0 aliphatic carbocycles. The number of benzene rings is 1. The summed E-state index contributed by atoms with van der Waals surface area (Å²) in [6.45, 7) is 2.12. The number of hydrogen-bond acceptors (Lipinski definition) is 6. The molecular weight excluding hydrogens is 308 g/mol. The molecule has 122 valence electrons. The van der Waals surface area contributed by atoms with E-state index < -0.39 is 4.92 Å². The Bertz CT molecular complexity index is 550. The summed E-state index contributed by atoms with van der Waals surface area (Å²) in [5.41, 5.74) is 0.435. The van der Waals surface area contributed by atoms with Crippen molar-refractivity contribution in [2.24, 2.45) is 0 Å². The lowest BCUT2D eigenvalue weighted by Gasteiger charge is -2.12. The number of methoxy groups -OCH3 is 2. The minimum absolute atomic E-state index is 0.0511. The molecule has 0 radical (unpaired) electrons. The molecule has 7 nitrogen and oxygen atoms in total. The van der Waals surface area contributed by atoms with Gasteiger partial charge in [0.25, 0.3) is 5.69 Å². The molecule has 1 rings (SSSR count). The number of thioether (sulfide) groups is 1. The van der Waals surface area contributed by atoms with Crippen LogP contribution in [0.2, 0.25) is 0 Å². The lowest BCUT2D eigenvalue weighted by Crippen LogP contribution is -2.32. The number of carbonyl (C=O) groups is 1. The van der Waals surface area contributed by atoms with Gasteiger partial charge in [0.05, 0.1) is 30.5 Å². The molecular formula is C14H20N2O5S. The normalized spacial score (nSPS) is 11.6. The first-order valence-corrected chi connectivity index (χ1v) is 7.93. The molecule has 1 atom stereocenters. The Morgan fingerprint density at radius 3 is 2.45 bits per heavy atom. The van der Waals surface area contributed by atoms with E-state index in [9.17, 15) is 14.9 Å². The second kappa shape index (κ2) is 8.47. The topological polar surface area (TPSA) is 90.7 Å². The first kappa shape index (κ1) is 18.1. The zero-order chi connectivity index (χ0) is 16.7. The molecule has 0 fully saturated rings. The van der Waals surface area contributed by atoms with Crippen LogP contribution in [0.25, 0.3) is 0 Å². The molecule has 0 aliphatic rings. The van der Waals surface area contributed by atoms with Gasteiger partial charge in [-0.1, -0.05) is 0 Å². The maximum absolute atomic E-state index is 11.7. The third-order valence-electron chi connectivity index (χ3n) is 3.20. The summed E-state index contributed by atoms with van der Waals surface area (Å²) in [6.07, 6.45) is 2.19. The molecule has 0 heterocycles. The number of carbonyl (C=O) groups excluding carboxylic acids is 1. The number of amides is 1. The summed E-state index contributed by atoms with van der Waals surface area (Å²) in [5.74, 6) is 0.639. The molecule has 1 N–H and O–H groups in total. The molecule has 0 saturated heterocycles. The molecule has 8 heteroatoms. The van der Waals surface area contributed by atoms with E-state index in [0.29, 0.717) is 30.0 Å². The Morgan fingerprint density at radius 2 is 1.95 bits per heavy atom. The number of hydrogen-bond donors (Lipinski definition) is 1. The van der Waals surface area contributed by atoms with E-state index in [1.807, 2.05) is 6.26 Å². The zero-order valence-corrected chi connectivity index (χ0v) is 13.9. The highest BCUT2D eigenvalue weighted by Gasteiger charge is 2.19. The highest BCUT2D eigenvalue weighted by atomic mass is 32.2. The smallest absolute Gasteiger partial charge is 0.276 e. The molecule has 0 spiro atoms. The summed E-state index contributed by atoms with van der Waals surface area (Å²) in [7, 11) is 2.89. The van der Waals surface area contributed by atoms with Gasteiger partial charge in [-0.15, -0.1) is 0 Å². The number of ether oxygens (including phenoxy) is 2. The van der Waals surface area contributed by atoms with Crippen LogP contribution >= 0.6 is 11.8 Å². The van der Waals surface area contributed by atoms with Gasteiger partial charge in [-0.3, -0.25) is 14.9 Å². The van der Waals surface area contributed by atoms with Crippen LogP contribution in [0.3, 0.4) is 0 Å². The first-order valence-electron chi connectivity index (χ1n) is 6.64. The molecule has 0 aromatic heterocycles. The van der Waals surface area contributed by atoms with E-state index in [1.165, 1.54) is 32.0 Å². The van der Waals surface area contributed by atoms with Gasteiger partial charge < -0.3 is 14.8 Å². The highest BCUT2D eigenvalue weighted by Crippen LogP contribution is 2.34. The first-order chi connectivity index (χ1) is 10.4. The van der Waals surface area contributed by atoms with Crippen LogP contribution in [0.5, 0.6) is 11.5 Å². The fourth-order valence-electron chi connectivity index (χ4n) is 1.85. The van der Waals surface area contributed by atoms with Crippen molar-refractivity contribution in [2.75, 3.05) is 27.0 Å². The lowest BCUT2D eigenvalue weighted by atomic mass is 10.1.